The number of nitrogens with zero attached hydrogens (tertiary/aromatic N) is 1. The minimum atomic E-state index is -1.27. The Bertz CT molecular complexity index is 969. The molecule has 1 N–H and O–H groups in total. The quantitative estimate of drug-likeness (QED) is 0.659. The van der Waals surface area contributed by atoms with Crippen molar-refractivity contribution < 1.29 is 18.0 Å². The molecule has 1 aromatic heterocycles. The van der Waals surface area contributed by atoms with Gasteiger partial charge in [-0.1, -0.05) is 18.2 Å². The lowest BCUT2D eigenvalue weighted by molar-refractivity contribution is 0.103. The van der Waals surface area contributed by atoms with Gasteiger partial charge in [0.25, 0.3) is 5.91 Å². The highest BCUT2D eigenvalue weighted by Gasteiger charge is 2.18. The lowest BCUT2D eigenvalue weighted by atomic mass is 10.0. The molecule has 0 fully saturated rings. The standard InChI is InChI=1S/C18H13F3N2OS/c1-9-17(25-10(2)22-9)18(24)23-16-6-4-3-5-11(16)12-7-14(20)15(21)8-13(12)19/h3-8H,1-2H3,(H,23,24). The molecule has 3 rings (SSSR count). The average Bonchev–Trinajstić information content (AvgIpc) is 2.90. The molecular weight excluding hydrogens is 349 g/mol. The van der Waals surface area contributed by atoms with Crippen LogP contribution in [0.5, 0.6) is 0 Å². The van der Waals surface area contributed by atoms with Gasteiger partial charge in [-0.15, -0.1) is 11.3 Å². The largest absolute Gasteiger partial charge is 0.321 e. The molecule has 2 aromatic carbocycles. The van der Waals surface area contributed by atoms with Crippen molar-refractivity contribution in [2.75, 3.05) is 5.32 Å². The number of carbonyl (C=O) groups excluding carboxylic acids is 1. The van der Waals surface area contributed by atoms with Gasteiger partial charge < -0.3 is 5.32 Å². The molecule has 7 heteroatoms. The monoisotopic (exact) mass is 362 g/mol. The van der Waals surface area contributed by atoms with E-state index < -0.39 is 23.4 Å². The van der Waals surface area contributed by atoms with Crippen LogP contribution >= 0.6 is 11.3 Å². The Morgan fingerprint density at radius 2 is 1.68 bits per heavy atom. The van der Waals surface area contributed by atoms with Crippen molar-refractivity contribution in [2.45, 2.75) is 13.8 Å². The van der Waals surface area contributed by atoms with Gasteiger partial charge in [0.1, 0.15) is 10.7 Å². The average molecular weight is 362 g/mol. The number of benzene rings is 2. The molecule has 0 aliphatic heterocycles. The van der Waals surface area contributed by atoms with Crippen molar-refractivity contribution in [1.82, 2.24) is 4.98 Å². The molecular formula is C18H13F3N2OS. The maximum absolute atomic E-state index is 14.1. The van der Waals surface area contributed by atoms with Crippen LogP contribution in [0.1, 0.15) is 20.4 Å². The Labute approximate surface area is 146 Å². The maximum Gasteiger partial charge on any atom is 0.267 e. The zero-order valence-corrected chi connectivity index (χ0v) is 14.2. The van der Waals surface area contributed by atoms with E-state index in [0.717, 1.165) is 11.1 Å². The summed E-state index contributed by atoms with van der Waals surface area (Å²) in [5.74, 6) is -3.73. The van der Waals surface area contributed by atoms with E-state index in [1.807, 2.05) is 0 Å². The summed E-state index contributed by atoms with van der Waals surface area (Å²) < 4.78 is 40.8. The van der Waals surface area contributed by atoms with Gasteiger partial charge in [0.2, 0.25) is 0 Å². The molecule has 0 saturated heterocycles. The van der Waals surface area contributed by atoms with Gasteiger partial charge in [-0.2, -0.15) is 0 Å². The SMILES string of the molecule is Cc1nc(C)c(C(=O)Nc2ccccc2-c2cc(F)c(F)cc2F)s1. The normalized spacial score (nSPS) is 10.8. The number of anilines is 1. The van der Waals surface area contributed by atoms with E-state index in [4.69, 9.17) is 0 Å². The topological polar surface area (TPSA) is 42.0 Å². The van der Waals surface area contributed by atoms with Gasteiger partial charge >= 0.3 is 0 Å². The number of para-hydroxylation sites is 1. The van der Waals surface area contributed by atoms with Gasteiger partial charge in [-0.05, 0) is 26.0 Å². The highest BCUT2D eigenvalue weighted by molar-refractivity contribution is 7.13. The van der Waals surface area contributed by atoms with E-state index in [0.29, 0.717) is 22.3 Å². The number of rotatable bonds is 3. The molecule has 0 spiro atoms. The Kier molecular flexibility index (Phi) is 4.59. The molecule has 1 heterocycles. The van der Waals surface area contributed by atoms with Crippen molar-refractivity contribution in [3.63, 3.8) is 0 Å². The lowest BCUT2D eigenvalue weighted by Crippen LogP contribution is -2.12. The van der Waals surface area contributed by atoms with Gasteiger partial charge in [-0.3, -0.25) is 4.79 Å². The molecule has 0 unspecified atom stereocenters. The first kappa shape index (κ1) is 17.2. The summed E-state index contributed by atoms with van der Waals surface area (Å²) in [7, 11) is 0. The minimum Gasteiger partial charge on any atom is -0.321 e. The van der Waals surface area contributed by atoms with E-state index in [1.54, 1.807) is 32.0 Å². The predicted octanol–water partition coefficient (Wildman–Crippen LogP) is 5.10. The van der Waals surface area contributed by atoms with Gasteiger partial charge in [0, 0.05) is 22.9 Å². The van der Waals surface area contributed by atoms with E-state index in [9.17, 15) is 18.0 Å². The molecule has 3 aromatic rings. The summed E-state index contributed by atoms with van der Waals surface area (Å²) in [6, 6.07) is 7.63. The zero-order chi connectivity index (χ0) is 18.1. The number of halogens is 3. The summed E-state index contributed by atoms with van der Waals surface area (Å²) in [6.07, 6.45) is 0. The molecule has 0 aliphatic carbocycles. The van der Waals surface area contributed by atoms with Gasteiger partial charge in [-0.25, -0.2) is 18.2 Å². The molecule has 0 atom stereocenters. The Hall–Kier alpha value is -2.67. The van der Waals surface area contributed by atoms with Crippen LogP contribution in [-0.4, -0.2) is 10.9 Å². The van der Waals surface area contributed by atoms with Crippen LogP contribution in [0.15, 0.2) is 36.4 Å². The second-order valence-electron chi connectivity index (χ2n) is 5.39. The summed E-state index contributed by atoms with van der Waals surface area (Å²) >= 11 is 1.24. The molecule has 3 nitrogen and oxygen atoms in total. The second kappa shape index (κ2) is 6.68. The number of hydrogen-bond donors (Lipinski definition) is 1. The Morgan fingerprint density at radius 3 is 2.36 bits per heavy atom. The highest BCUT2D eigenvalue weighted by atomic mass is 32.1. The number of carbonyl (C=O) groups is 1. The molecule has 0 aliphatic rings. The summed E-state index contributed by atoms with van der Waals surface area (Å²) in [5.41, 5.74) is 1.01. The summed E-state index contributed by atoms with van der Waals surface area (Å²) in [5, 5.41) is 3.44. The third-order valence-electron chi connectivity index (χ3n) is 3.59. The van der Waals surface area contributed by atoms with Crippen LogP contribution in [0, 0.1) is 31.3 Å². The number of aromatic nitrogens is 1. The van der Waals surface area contributed by atoms with E-state index in [2.05, 4.69) is 10.3 Å². The third kappa shape index (κ3) is 3.41. The highest BCUT2D eigenvalue weighted by Crippen LogP contribution is 2.32. The Morgan fingerprint density at radius 1 is 1.00 bits per heavy atom. The number of amides is 1. The fourth-order valence-corrected chi connectivity index (χ4v) is 3.29. The number of hydrogen-bond acceptors (Lipinski definition) is 3. The predicted molar refractivity (Wildman–Crippen MR) is 91.3 cm³/mol. The minimum absolute atomic E-state index is 0.132. The molecule has 0 saturated carbocycles. The van der Waals surface area contributed by atoms with Crippen molar-refractivity contribution in [1.29, 1.82) is 0 Å². The molecule has 25 heavy (non-hydrogen) atoms. The number of aryl methyl sites for hydroxylation is 2. The van der Waals surface area contributed by atoms with Gasteiger partial charge in [0.15, 0.2) is 11.6 Å². The first-order valence-electron chi connectivity index (χ1n) is 7.36. The smallest absolute Gasteiger partial charge is 0.267 e. The zero-order valence-electron chi connectivity index (χ0n) is 13.4. The van der Waals surface area contributed by atoms with E-state index in [1.165, 1.54) is 17.4 Å². The van der Waals surface area contributed by atoms with Crippen LogP contribution in [0.3, 0.4) is 0 Å². The second-order valence-corrected chi connectivity index (χ2v) is 6.60. The van der Waals surface area contributed by atoms with Crippen LogP contribution in [0.25, 0.3) is 11.1 Å². The third-order valence-corrected chi connectivity index (χ3v) is 4.66. The summed E-state index contributed by atoms with van der Waals surface area (Å²) in [4.78, 5) is 17.1. The van der Waals surface area contributed by atoms with Crippen molar-refractivity contribution in [2.24, 2.45) is 0 Å². The Balaban J connectivity index is 2.01. The lowest BCUT2D eigenvalue weighted by Gasteiger charge is -2.12. The summed E-state index contributed by atoms with van der Waals surface area (Å²) in [6.45, 7) is 3.51. The molecule has 0 radical (unpaired) electrons. The van der Waals surface area contributed by atoms with E-state index in [-0.39, 0.29) is 11.1 Å². The van der Waals surface area contributed by atoms with Crippen molar-refractivity contribution in [3.8, 4) is 11.1 Å². The van der Waals surface area contributed by atoms with Crippen molar-refractivity contribution in [3.05, 3.63) is 69.4 Å². The fraction of sp³-hybridized carbons (Fsp3) is 0.111. The van der Waals surface area contributed by atoms with Gasteiger partial charge in [0.05, 0.1) is 10.7 Å². The molecule has 128 valence electrons. The first-order chi connectivity index (χ1) is 11.9. The van der Waals surface area contributed by atoms with Crippen LogP contribution in [-0.2, 0) is 0 Å². The first-order valence-corrected chi connectivity index (χ1v) is 8.18. The maximum atomic E-state index is 14.1. The fourth-order valence-electron chi connectivity index (χ4n) is 2.48. The van der Waals surface area contributed by atoms with Crippen molar-refractivity contribution >= 4 is 22.9 Å². The van der Waals surface area contributed by atoms with Crippen LogP contribution in [0.4, 0.5) is 18.9 Å². The number of thiazole rings is 1. The van der Waals surface area contributed by atoms with Crippen LogP contribution < -0.4 is 5.32 Å². The van der Waals surface area contributed by atoms with E-state index >= 15 is 0 Å². The number of nitrogens with one attached hydrogen (secondary N) is 1. The van der Waals surface area contributed by atoms with Crippen LogP contribution in [0.2, 0.25) is 0 Å². The molecule has 0 bridgehead atoms. The molecule has 1 amide bonds.